The van der Waals surface area contributed by atoms with Gasteiger partial charge in [0.1, 0.15) is 6.04 Å². The van der Waals surface area contributed by atoms with Gasteiger partial charge in [0.25, 0.3) is 5.91 Å². The first-order valence-electron chi connectivity index (χ1n) is 10.2. The van der Waals surface area contributed by atoms with Gasteiger partial charge in [0.15, 0.2) is 5.82 Å². The van der Waals surface area contributed by atoms with E-state index < -0.39 is 5.54 Å². The number of carbonyl (C=O) groups is 1. The summed E-state index contributed by atoms with van der Waals surface area (Å²) in [6.45, 7) is 0. The molecule has 5 rings (SSSR count). The summed E-state index contributed by atoms with van der Waals surface area (Å²) >= 11 is 0. The van der Waals surface area contributed by atoms with E-state index in [0.29, 0.717) is 17.6 Å². The Labute approximate surface area is 159 Å². The molecule has 3 fully saturated rings. The van der Waals surface area contributed by atoms with Crippen LogP contribution in [0.5, 0.6) is 0 Å². The van der Waals surface area contributed by atoms with Gasteiger partial charge in [-0.3, -0.25) is 4.79 Å². The molecule has 2 saturated carbocycles. The summed E-state index contributed by atoms with van der Waals surface area (Å²) in [6.07, 6.45) is 8.44. The van der Waals surface area contributed by atoms with Crippen LogP contribution in [-0.2, 0) is 5.54 Å². The Morgan fingerprint density at radius 2 is 1.93 bits per heavy atom. The van der Waals surface area contributed by atoms with Gasteiger partial charge in [-0.15, -0.1) is 0 Å². The molecule has 1 aromatic heterocycles. The zero-order valence-corrected chi connectivity index (χ0v) is 15.5. The average Bonchev–Trinajstić information content (AvgIpc) is 3.31. The van der Waals surface area contributed by atoms with Crippen molar-refractivity contribution in [2.24, 2.45) is 11.7 Å². The van der Waals surface area contributed by atoms with Crippen LogP contribution in [0.25, 0.3) is 0 Å². The van der Waals surface area contributed by atoms with E-state index in [0.717, 1.165) is 37.7 Å². The Bertz CT molecular complexity index is 830. The fourth-order valence-electron chi connectivity index (χ4n) is 5.06. The van der Waals surface area contributed by atoms with Crippen molar-refractivity contribution in [3.63, 3.8) is 0 Å². The Morgan fingerprint density at radius 3 is 2.67 bits per heavy atom. The number of hydrogen-bond acceptors (Lipinski definition) is 5. The topological polar surface area (TPSA) is 85.2 Å². The van der Waals surface area contributed by atoms with Crippen molar-refractivity contribution in [2.45, 2.75) is 69.0 Å². The lowest BCUT2D eigenvalue weighted by molar-refractivity contribution is 0.0588. The molecule has 2 aliphatic carbocycles. The summed E-state index contributed by atoms with van der Waals surface area (Å²) in [5, 5.41) is 4.19. The third-order valence-electron chi connectivity index (χ3n) is 6.76. The zero-order chi connectivity index (χ0) is 18.4. The smallest absolute Gasteiger partial charge is 0.254 e. The minimum Gasteiger partial charge on any atom is -0.337 e. The number of amides is 1. The molecule has 0 bridgehead atoms. The molecule has 1 aromatic carbocycles. The number of likely N-dealkylation sites (tertiary alicyclic amines) is 1. The Morgan fingerprint density at radius 1 is 1.15 bits per heavy atom. The van der Waals surface area contributed by atoms with Gasteiger partial charge in [0.05, 0.1) is 5.54 Å². The van der Waals surface area contributed by atoms with E-state index in [-0.39, 0.29) is 18.0 Å². The molecule has 3 aliphatic rings. The summed E-state index contributed by atoms with van der Waals surface area (Å²) in [5.74, 6) is 1.74. The van der Waals surface area contributed by atoms with E-state index in [4.69, 9.17) is 10.3 Å². The third-order valence-corrected chi connectivity index (χ3v) is 6.76. The highest BCUT2D eigenvalue weighted by Crippen LogP contribution is 2.47. The van der Waals surface area contributed by atoms with Crippen LogP contribution in [0.4, 0.5) is 0 Å². The quantitative estimate of drug-likeness (QED) is 0.898. The molecule has 1 saturated heterocycles. The molecule has 1 amide bonds. The zero-order valence-electron chi connectivity index (χ0n) is 15.5. The lowest BCUT2D eigenvalue weighted by atomic mass is 9.77. The van der Waals surface area contributed by atoms with Gasteiger partial charge in [-0.2, -0.15) is 4.98 Å². The van der Waals surface area contributed by atoms with Gasteiger partial charge >= 0.3 is 0 Å². The molecule has 1 aliphatic heterocycles. The fraction of sp³-hybridized carbons (Fsp3) is 0.571. The number of fused-ring (bicyclic) bond motifs is 1. The molecule has 0 radical (unpaired) electrons. The minimum atomic E-state index is -0.443. The SMILES string of the molecule is NC1(c2noc(C3CC4CCCCC4N3C(=O)c3ccccc3)n2)CCC1. The van der Waals surface area contributed by atoms with Crippen molar-refractivity contribution in [3.8, 4) is 0 Å². The highest BCUT2D eigenvalue weighted by atomic mass is 16.5. The number of carbonyl (C=O) groups excluding carboxylic acids is 1. The monoisotopic (exact) mass is 366 g/mol. The van der Waals surface area contributed by atoms with Gasteiger partial charge in [-0.25, -0.2) is 0 Å². The molecule has 3 unspecified atom stereocenters. The van der Waals surface area contributed by atoms with Gasteiger partial charge in [0.2, 0.25) is 5.89 Å². The van der Waals surface area contributed by atoms with Crippen molar-refractivity contribution >= 4 is 5.91 Å². The third kappa shape index (κ3) is 2.78. The van der Waals surface area contributed by atoms with Crippen LogP contribution in [0.1, 0.15) is 79.5 Å². The van der Waals surface area contributed by atoms with Crippen LogP contribution in [0.3, 0.4) is 0 Å². The number of aromatic nitrogens is 2. The number of benzene rings is 1. The first kappa shape index (κ1) is 16.9. The Balaban J connectivity index is 1.48. The fourth-order valence-corrected chi connectivity index (χ4v) is 5.06. The van der Waals surface area contributed by atoms with E-state index in [1.807, 2.05) is 35.2 Å². The van der Waals surface area contributed by atoms with Crippen molar-refractivity contribution in [3.05, 3.63) is 47.6 Å². The Hall–Kier alpha value is -2.21. The summed E-state index contributed by atoms with van der Waals surface area (Å²) in [7, 11) is 0. The number of nitrogens with zero attached hydrogens (tertiary/aromatic N) is 3. The molecule has 27 heavy (non-hydrogen) atoms. The molecule has 142 valence electrons. The van der Waals surface area contributed by atoms with E-state index in [2.05, 4.69) is 10.1 Å². The molecular weight excluding hydrogens is 340 g/mol. The molecular formula is C21H26N4O2. The molecule has 6 heteroatoms. The lowest BCUT2D eigenvalue weighted by Gasteiger charge is -2.34. The Kier molecular flexibility index (Phi) is 4.04. The average molecular weight is 366 g/mol. The lowest BCUT2D eigenvalue weighted by Crippen LogP contribution is -2.44. The van der Waals surface area contributed by atoms with Gasteiger partial charge < -0.3 is 15.2 Å². The molecule has 3 atom stereocenters. The first-order chi connectivity index (χ1) is 13.2. The van der Waals surface area contributed by atoms with E-state index in [1.54, 1.807) is 0 Å². The van der Waals surface area contributed by atoms with Crippen molar-refractivity contribution in [2.75, 3.05) is 0 Å². The summed E-state index contributed by atoms with van der Waals surface area (Å²) in [5.41, 5.74) is 6.65. The minimum absolute atomic E-state index is 0.0702. The van der Waals surface area contributed by atoms with Crippen molar-refractivity contribution in [1.82, 2.24) is 15.0 Å². The van der Waals surface area contributed by atoms with E-state index >= 15 is 0 Å². The number of hydrogen-bond donors (Lipinski definition) is 1. The largest absolute Gasteiger partial charge is 0.337 e. The van der Waals surface area contributed by atoms with Crippen molar-refractivity contribution < 1.29 is 9.32 Å². The maximum Gasteiger partial charge on any atom is 0.254 e. The summed E-state index contributed by atoms with van der Waals surface area (Å²) < 4.78 is 5.66. The van der Waals surface area contributed by atoms with Crippen LogP contribution in [0.15, 0.2) is 34.9 Å². The molecule has 6 nitrogen and oxygen atoms in total. The number of rotatable bonds is 3. The second kappa shape index (κ2) is 6.44. The van der Waals surface area contributed by atoms with Crippen LogP contribution < -0.4 is 5.73 Å². The van der Waals surface area contributed by atoms with Crippen LogP contribution in [-0.4, -0.2) is 27.0 Å². The summed E-state index contributed by atoms with van der Waals surface area (Å²) in [6, 6.07) is 9.66. The van der Waals surface area contributed by atoms with Crippen LogP contribution in [0, 0.1) is 5.92 Å². The maximum atomic E-state index is 13.4. The molecule has 2 heterocycles. The summed E-state index contributed by atoms with van der Waals surface area (Å²) in [4.78, 5) is 20.1. The second-order valence-electron chi connectivity index (χ2n) is 8.41. The maximum absolute atomic E-state index is 13.4. The van der Waals surface area contributed by atoms with E-state index in [1.165, 1.54) is 19.3 Å². The van der Waals surface area contributed by atoms with Gasteiger partial charge in [0, 0.05) is 11.6 Å². The van der Waals surface area contributed by atoms with Gasteiger partial charge in [-0.05, 0) is 56.6 Å². The molecule has 2 aromatic rings. The van der Waals surface area contributed by atoms with Crippen LogP contribution >= 0.6 is 0 Å². The predicted octanol–water partition coefficient (Wildman–Crippen LogP) is 3.55. The molecule has 0 spiro atoms. The highest BCUT2D eigenvalue weighted by molar-refractivity contribution is 5.94. The first-order valence-corrected chi connectivity index (χ1v) is 10.2. The van der Waals surface area contributed by atoms with Crippen LogP contribution in [0.2, 0.25) is 0 Å². The van der Waals surface area contributed by atoms with E-state index in [9.17, 15) is 4.79 Å². The second-order valence-corrected chi connectivity index (χ2v) is 8.41. The highest BCUT2D eigenvalue weighted by Gasteiger charge is 2.48. The van der Waals surface area contributed by atoms with Gasteiger partial charge in [-0.1, -0.05) is 36.2 Å². The van der Waals surface area contributed by atoms with Crippen molar-refractivity contribution in [1.29, 1.82) is 0 Å². The number of nitrogens with two attached hydrogens (primary N) is 1. The predicted molar refractivity (Wildman–Crippen MR) is 99.7 cm³/mol. The standard InChI is InChI=1S/C21H26N4O2/c22-21(11-6-12-21)20-23-18(27-24-20)17-13-15-9-4-5-10-16(15)25(17)19(26)14-7-2-1-3-8-14/h1-3,7-8,15-17H,4-6,9-13,22H2. The molecule has 2 N–H and O–H groups in total. The normalized spacial score (nSPS) is 29.2.